The van der Waals surface area contributed by atoms with Gasteiger partial charge in [0.1, 0.15) is 5.69 Å². The highest BCUT2D eigenvalue weighted by Crippen LogP contribution is 2.30. The van der Waals surface area contributed by atoms with Gasteiger partial charge in [0, 0.05) is 31.7 Å². The van der Waals surface area contributed by atoms with Crippen LogP contribution in [0.25, 0.3) is 0 Å². The van der Waals surface area contributed by atoms with E-state index in [1.54, 1.807) is 0 Å². The molecule has 0 spiro atoms. The molecular formula is C20H32N4O4S. The van der Waals surface area contributed by atoms with E-state index in [0.717, 1.165) is 32.4 Å². The number of likely N-dealkylation sites (tertiary alicyclic amines) is 1. The van der Waals surface area contributed by atoms with Crippen LogP contribution in [0.3, 0.4) is 0 Å². The summed E-state index contributed by atoms with van der Waals surface area (Å²) >= 11 is 0. The zero-order valence-electron chi connectivity index (χ0n) is 17.3. The molecule has 0 aromatic heterocycles. The van der Waals surface area contributed by atoms with Crippen molar-refractivity contribution in [2.24, 2.45) is 5.92 Å². The number of benzene rings is 1. The number of hydrogen-bond acceptors (Lipinski definition) is 6. The van der Waals surface area contributed by atoms with Crippen LogP contribution >= 0.6 is 0 Å². The van der Waals surface area contributed by atoms with Crippen LogP contribution in [0.2, 0.25) is 0 Å². The van der Waals surface area contributed by atoms with Crippen LogP contribution < -0.4 is 5.32 Å². The Balaban J connectivity index is 1.80. The smallest absolute Gasteiger partial charge is 0.293 e. The monoisotopic (exact) mass is 424 g/mol. The lowest BCUT2D eigenvalue weighted by atomic mass is 10.0. The van der Waals surface area contributed by atoms with Crippen molar-refractivity contribution in [3.05, 3.63) is 28.3 Å². The van der Waals surface area contributed by atoms with Gasteiger partial charge in [-0.1, -0.05) is 20.3 Å². The van der Waals surface area contributed by atoms with Crippen LogP contribution in [-0.4, -0.2) is 61.3 Å². The van der Waals surface area contributed by atoms with E-state index in [1.807, 2.05) is 0 Å². The first-order valence-electron chi connectivity index (χ1n) is 10.6. The normalized spacial score (nSPS) is 20.1. The molecule has 1 atom stereocenters. The van der Waals surface area contributed by atoms with Gasteiger partial charge in [0.2, 0.25) is 10.0 Å². The maximum atomic E-state index is 12.9. The lowest BCUT2D eigenvalue weighted by Crippen LogP contribution is -2.42. The van der Waals surface area contributed by atoms with Crippen molar-refractivity contribution in [2.75, 3.05) is 38.0 Å². The summed E-state index contributed by atoms with van der Waals surface area (Å²) in [6.45, 7) is 7.97. The number of nitrogens with zero attached hydrogens (tertiary/aromatic N) is 3. The van der Waals surface area contributed by atoms with Crippen LogP contribution in [0.5, 0.6) is 0 Å². The number of sulfonamides is 1. The predicted molar refractivity (Wildman–Crippen MR) is 114 cm³/mol. The Hall–Kier alpha value is -1.71. The Kier molecular flexibility index (Phi) is 7.13. The van der Waals surface area contributed by atoms with Crippen LogP contribution in [0.15, 0.2) is 23.1 Å². The van der Waals surface area contributed by atoms with Crippen molar-refractivity contribution in [2.45, 2.75) is 56.9 Å². The molecule has 2 saturated heterocycles. The first kappa shape index (κ1) is 22.0. The minimum atomic E-state index is -3.70. The fraction of sp³-hybridized carbons (Fsp3) is 0.700. The molecule has 0 radical (unpaired) electrons. The molecular weight excluding hydrogens is 392 g/mol. The van der Waals surface area contributed by atoms with Gasteiger partial charge in [-0.15, -0.1) is 0 Å². The van der Waals surface area contributed by atoms with E-state index < -0.39 is 14.9 Å². The molecule has 29 heavy (non-hydrogen) atoms. The van der Waals surface area contributed by atoms with Crippen molar-refractivity contribution in [3.63, 3.8) is 0 Å². The molecule has 1 aromatic rings. The molecule has 2 heterocycles. The average molecular weight is 425 g/mol. The molecule has 0 amide bonds. The highest BCUT2D eigenvalue weighted by molar-refractivity contribution is 7.89. The molecule has 9 heteroatoms. The fourth-order valence-corrected chi connectivity index (χ4v) is 5.84. The number of rotatable bonds is 8. The lowest BCUT2D eigenvalue weighted by Gasteiger charge is -2.31. The van der Waals surface area contributed by atoms with E-state index in [0.29, 0.717) is 31.2 Å². The first-order chi connectivity index (χ1) is 13.8. The highest BCUT2D eigenvalue weighted by Gasteiger charge is 2.29. The molecule has 0 aliphatic carbocycles. The van der Waals surface area contributed by atoms with Crippen molar-refractivity contribution >= 4 is 21.4 Å². The predicted octanol–water partition coefficient (Wildman–Crippen LogP) is 3.30. The molecule has 162 valence electrons. The second kappa shape index (κ2) is 9.40. The third-order valence-corrected chi connectivity index (χ3v) is 7.89. The van der Waals surface area contributed by atoms with Gasteiger partial charge in [-0.25, -0.2) is 8.42 Å². The van der Waals surface area contributed by atoms with E-state index >= 15 is 0 Å². The van der Waals surface area contributed by atoms with E-state index in [1.165, 1.54) is 35.3 Å². The van der Waals surface area contributed by atoms with Gasteiger partial charge < -0.3 is 5.32 Å². The Morgan fingerprint density at radius 1 is 1.07 bits per heavy atom. The summed E-state index contributed by atoms with van der Waals surface area (Å²) in [6, 6.07) is 4.51. The largest absolute Gasteiger partial charge is 0.378 e. The van der Waals surface area contributed by atoms with Crippen molar-refractivity contribution < 1.29 is 13.3 Å². The zero-order valence-corrected chi connectivity index (χ0v) is 18.2. The van der Waals surface area contributed by atoms with E-state index in [9.17, 15) is 18.5 Å². The summed E-state index contributed by atoms with van der Waals surface area (Å²) in [7, 11) is -3.70. The zero-order chi connectivity index (χ0) is 21.0. The summed E-state index contributed by atoms with van der Waals surface area (Å²) < 4.78 is 27.2. The first-order valence-corrected chi connectivity index (χ1v) is 12.0. The third kappa shape index (κ3) is 5.07. The van der Waals surface area contributed by atoms with Crippen LogP contribution in [0, 0.1) is 16.0 Å². The lowest BCUT2D eigenvalue weighted by molar-refractivity contribution is -0.384. The minimum Gasteiger partial charge on any atom is -0.378 e. The average Bonchev–Trinajstić information content (AvgIpc) is 3.23. The molecule has 2 aliphatic heterocycles. The van der Waals surface area contributed by atoms with Gasteiger partial charge in [0.05, 0.1) is 9.82 Å². The van der Waals surface area contributed by atoms with Gasteiger partial charge >= 0.3 is 0 Å². The SMILES string of the molecule is CC(C)[C@H](CNc1ccc(S(=O)(=O)N2CCCCC2)cc1[N+](=O)[O-])N1CCCC1. The third-order valence-electron chi connectivity index (χ3n) is 6.00. The molecule has 0 saturated carbocycles. The minimum absolute atomic E-state index is 0.00315. The standard InChI is InChI=1S/C20H32N4O4S/c1-16(2)20(22-10-6-7-11-22)15-21-18-9-8-17(14-19(18)24(25)26)29(27,28)23-12-4-3-5-13-23/h8-9,14,16,20-21H,3-7,10-13,15H2,1-2H3/t20-/m0/s1. The van der Waals surface area contributed by atoms with Gasteiger partial charge in [0.25, 0.3) is 5.69 Å². The maximum Gasteiger partial charge on any atom is 0.293 e. The molecule has 1 N–H and O–H groups in total. The van der Waals surface area contributed by atoms with Crippen LogP contribution in [0.1, 0.15) is 46.0 Å². The molecule has 0 unspecified atom stereocenters. The van der Waals surface area contributed by atoms with Crippen LogP contribution in [-0.2, 0) is 10.0 Å². The summed E-state index contributed by atoms with van der Waals surface area (Å²) in [5, 5.41) is 14.9. The molecule has 2 fully saturated rings. The van der Waals surface area contributed by atoms with Gasteiger partial charge in [0.15, 0.2) is 0 Å². The number of nitrogens with one attached hydrogen (secondary N) is 1. The summed E-state index contributed by atoms with van der Waals surface area (Å²) in [5.74, 6) is 0.415. The Morgan fingerprint density at radius 2 is 1.69 bits per heavy atom. The van der Waals surface area contributed by atoms with Crippen molar-refractivity contribution in [1.29, 1.82) is 0 Å². The second-order valence-corrected chi connectivity index (χ2v) is 10.3. The summed E-state index contributed by atoms with van der Waals surface area (Å²) in [4.78, 5) is 13.6. The quantitative estimate of drug-likeness (QED) is 0.508. The highest BCUT2D eigenvalue weighted by atomic mass is 32.2. The van der Waals surface area contributed by atoms with Crippen LogP contribution in [0.4, 0.5) is 11.4 Å². The summed E-state index contributed by atoms with van der Waals surface area (Å²) in [6.07, 6.45) is 5.05. The van der Waals surface area contributed by atoms with E-state index in [2.05, 4.69) is 24.1 Å². The van der Waals surface area contributed by atoms with Gasteiger partial charge in [-0.05, 0) is 56.8 Å². The topological polar surface area (TPSA) is 95.8 Å². The molecule has 8 nitrogen and oxygen atoms in total. The Bertz CT molecular complexity index is 816. The second-order valence-electron chi connectivity index (χ2n) is 8.34. The Labute approximate surface area is 173 Å². The van der Waals surface area contributed by atoms with E-state index in [4.69, 9.17) is 0 Å². The number of hydrogen-bond donors (Lipinski definition) is 1. The molecule has 1 aromatic carbocycles. The maximum absolute atomic E-state index is 12.9. The van der Waals surface area contributed by atoms with Crippen molar-refractivity contribution in [1.82, 2.24) is 9.21 Å². The number of anilines is 1. The molecule has 2 aliphatic rings. The fourth-order valence-electron chi connectivity index (χ4n) is 4.30. The van der Waals surface area contributed by atoms with Gasteiger partial charge in [-0.2, -0.15) is 4.31 Å². The number of nitro groups is 1. The molecule has 0 bridgehead atoms. The van der Waals surface area contributed by atoms with Gasteiger partial charge in [-0.3, -0.25) is 15.0 Å². The Morgan fingerprint density at radius 3 is 2.28 bits per heavy atom. The number of piperidine rings is 1. The van der Waals surface area contributed by atoms with E-state index in [-0.39, 0.29) is 16.6 Å². The number of nitro benzene ring substituents is 1. The summed E-state index contributed by atoms with van der Waals surface area (Å²) in [5.41, 5.74) is 0.185. The molecule has 3 rings (SSSR count). The van der Waals surface area contributed by atoms with Crippen molar-refractivity contribution in [3.8, 4) is 0 Å².